The minimum absolute atomic E-state index is 0.0559. The van der Waals surface area contributed by atoms with Crippen LogP contribution in [0.5, 0.6) is 0 Å². The highest BCUT2D eigenvalue weighted by Crippen LogP contribution is 2.35. The van der Waals surface area contributed by atoms with E-state index in [2.05, 4.69) is 50.8 Å². The van der Waals surface area contributed by atoms with Crippen molar-refractivity contribution in [3.05, 3.63) is 48.3 Å². The number of rotatable bonds is 11. The summed E-state index contributed by atoms with van der Waals surface area (Å²) in [5.74, 6) is 0. The van der Waals surface area contributed by atoms with Gasteiger partial charge in [-0.25, -0.2) is 0 Å². The lowest BCUT2D eigenvalue weighted by Gasteiger charge is -2.33. The van der Waals surface area contributed by atoms with Crippen molar-refractivity contribution in [2.45, 2.75) is 64.5 Å². The average Bonchev–Trinajstić information content (AvgIpc) is 2.83. The smallest absolute Gasteiger partial charge is 0.108 e. The molecule has 0 radical (unpaired) electrons. The molecule has 0 amide bonds. The lowest BCUT2D eigenvalue weighted by molar-refractivity contribution is 0.276. The summed E-state index contributed by atoms with van der Waals surface area (Å²) in [5, 5.41) is 17.1. The van der Waals surface area contributed by atoms with Gasteiger partial charge < -0.3 is 5.11 Å². The van der Waals surface area contributed by atoms with Gasteiger partial charge in [0.1, 0.15) is 5.69 Å². The number of allylic oxidation sites excluding steroid dienone is 3. The van der Waals surface area contributed by atoms with Crippen LogP contribution in [0.25, 0.3) is 0 Å². The molecule has 128 valence electrons. The normalized spacial score (nSPS) is 11.5. The third-order valence-electron chi connectivity index (χ3n) is 3.87. The van der Waals surface area contributed by atoms with Crippen molar-refractivity contribution < 1.29 is 5.11 Å². The van der Waals surface area contributed by atoms with Gasteiger partial charge in [-0.05, 0) is 45.3 Å². The number of aromatic nitrogens is 3. The zero-order chi connectivity index (χ0) is 17.5. The van der Waals surface area contributed by atoms with Gasteiger partial charge in [-0.2, -0.15) is 0 Å². The molecule has 23 heavy (non-hydrogen) atoms. The van der Waals surface area contributed by atoms with E-state index in [0.29, 0.717) is 5.69 Å². The summed E-state index contributed by atoms with van der Waals surface area (Å²) in [7, 11) is -1.55. The SMILES string of the molecule is C=C(C)C[Si](CCCn1cc(CO)nn1)(CC(=C)C)CC(=C)C. The minimum Gasteiger partial charge on any atom is -0.390 e. The van der Waals surface area contributed by atoms with Crippen molar-refractivity contribution in [1.29, 1.82) is 0 Å². The Morgan fingerprint density at radius 1 is 1.09 bits per heavy atom. The predicted molar refractivity (Wildman–Crippen MR) is 100.0 cm³/mol. The van der Waals surface area contributed by atoms with Crippen molar-refractivity contribution in [2.75, 3.05) is 0 Å². The van der Waals surface area contributed by atoms with Crippen LogP contribution < -0.4 is 0 Å². The van der Waals surface area contributed by atoms with E-state index in [-0.39, 0.29) is 6.61 Å². The standard InChI is InChI=1S/C18H31N3OSi/c1-15(2)12-23(13-16(3)4,14-17(5)6)9-7-8-21-10-18(11-22)19-20-21/h10,22H,1,3,5,7-9,11-14H2,2,4,6H3. The molecule has 0 spiro atoms. The molecule has 1 heterocycles. The van der Waals surface area contributed by atoms with Gasteiger partial charge in [0, 0.05) is 6.54 Å². The molecule has 0 saturated carbocycles. The highest BCUT2D eigenvalue weighted by Gasteiger charge is 2.32. The average molecular weight is 334 g/mol. The van der Waals surface area contributed by atoms with E-state index in [0.717, 1.165) is 31.1 Å². The third-order valence-corrected chi connectivity index (χ3v) is 9.35. The molecule has 0 fully saturated rings. The molecule has 1 N–H and O–H groups in total. The maximum atomic E-state index is 9.06. The quantitative estimate of drug-likeness (QED) is 0.484. The number of hydrogen-bond donors (Lipinski definition) is 1. The summed E-state index contributed by atoms with van der Waals surface area (Å²) < 4.78 is 1.83. The van der Waals surface area contributed by atoms with Crippen molar-refractivity contribution in [3.8, 4) is 0 Å². The van der Waals surface area contributed by atoms with E-state index in [9.17, 15) is 0 Å². The Hall–Kier alpha value is -1.46. The minimum atomic E-state index is -1.55. The van der Waals surface area contributed by atoms with Gasteiger partial charge in [-0.15, -0.1) is 24.8 Å². The fourth-order valence-corrected chi connectivity index (χ4v) is 9.16. The Kier molecular flexibility index (Phi) is 7.65. The molecule has 5 heteroatoms. The molecule has 1 rings (SSSR count). The molecule has 0 aliphatic heterocycles. The van der Waals surface area contributed by atoms with E-state index in [1.165, 1.54) is 22.8 Å². The number of aliphatic hydroxyl groups is 1. The second kappa shape index (κ2) is 8.98. The van der Waals surface area contributed by atoms with Crippen molar-refractivity contribution >= 4 is 8.07 Å². The fraction of sp³-hybridized carbons (Fsp3) is 0.556. The van der Waals surface area contributed by atoms with E-state index in [1.54, 1.807) is 0 Å². The van der Waals surface area contributed by atoms with E-state index in [1.807, 2.05) is 10.9 Å². The highest BCUT2D eigenvalue weighted by atomic mass is 28.3. The number of aliphatic hydroxyl groups excluding tert-OH is 1. The molecule has 0 aliphatic carbocycles. The maximum absolute atomic E-state index is 9.06. The van der Waals surface area contributed by atoms with Crippen LogP contribution in [0, 0.1) is 0 Å². The van der Waals surface area contributed by atoms with Gasteiger partial charge >= 0.3 is 0 Å². The molecule has 0 aliphatic rings. The topological polar surface area (TPSA) is 50.9 Å². The van der Waals surface area contributed by atoms with Crippen LogP contribution in [0.1, 0.15) is 32.9 Å². The van der Waals surface area contributed by atoms with Gasteiger partial charge in [-0.3, -0.25) is 4.68 Å². The molecule has 0 saturated heterocycles. The summed E-state index contributed by atoms with van der Waals surface area (Å²) in [6.07, 6.45) is 2.88. The molecule has 1 aromatic heterocycles. The second-order valence-corrected chi connectivity index (χ2v) is 11.7. The molecular weight excluding hydrogens is 302 g/mol. The van der Waals surface area contributed by atoms with Crippen LogP contribution in [0.2, 0.25) is 24.2 Å². The largest absolute Gasteiger partial charge is 0.390 e. The predicted octanol–water partition coefficient (Wildman–Crippen LogP) is 4.34. The van der Waals surface area contributed by atoms with Crippen LogP contribution in [-0.2, 0) is 13.2 Å². The molecule has 4 nitrogen and oxygen atoms in total. The van der Waals surface area contributed by atoms with Gasteiger partial charge in [-0.1, -0.05) is 28.0 Å². The Bertz CT molecular complexity index is 522. The van der Waals surface area contributed by atoms with Gasteiger partial charge in [0.2, 0.25) is 0 Å². The first-order valence-corrected chi connectivity index (χ1v) is 11.0. The zero-order valence-corrected chi connectivity index (χ0v) is 15.9. The van der Waals surface area contributed by atoms with Crippen molar-refractivity contribution in [3.63, 3.8) is 0 Å². The second-order valence-electron chi connectivity index (χ2n) is 7.14. The molecular formula is C18H31N3OSi. The van der Waals surface area contributed by atoms with Crippen molar-refractivity contribution in [1.82, 2.24) is 15.0 Å². The van der Waals surface area contributed by atoms with E-state index >= 15 is 0 Å². The van der Waals surface area contributed by atoms with Crippen molar-refractivity contribution in [2.24, 2.45) is 0 Å². The Morgan fingerprint density at radius 2 is 1.61 bits per heavy atom. The number of hydrogen-bond acceptors (Lipinski definition) is 3. The lowest BCUT2D eigenvalue weighted by Crippen LogP contribution is -2.35. The van der Waals surface area contributed by atoms with Gasteiger partial charge in [0.15, 0.2) is 0 Å². The molecule has 1 aromatic rings. The zero-order valence-electron chi connectivity index (χ0n) is 14.9. The van der Waals surface area contributed by atoms with E-state index < -0.39 is 8.07 Å². The summed E-state index contributed by atoms with van der Waals surface area (Å²) in [6.45, 7) is 19.6. The summed E-state index contributed by atoms with van der Waals surface area (Å²) in [5.41, 5.74) is 4.42. The Labute approximate surface area is 141 Å². The molecule has 0 unspecified atom stereocenters. The first-order valence-electron chi connectivity index (χ1n) is 8.19. The van der Waals surface area contributed by atoms with Gasteiger partial charge in [0.05, 0.1) is 20.9 Å². The van der Waals surface area contributed by atoms with Crippen LogP contribution in [-0.4, -0.2) is 28.2 Å². The Morgan fingerprint density at radius 3 is 2.00 bits per heavy atom. The number of nitrogens with zero attached hydrogens (tertiary/aromatic N) is 3. The van der Waals surface area contributed by atoms with Crippen LogP contribution in [0.4, 0.5) is 0 Å². The first-order chi connectivity index (χ1) is 10.8. The van der Waals surface area contributed by atoms with Crippen LogP contribution in [0.15, 0.2) is 42.7 Å². The lowest BCUT2D eigenvalue weighted by atomic mass is 10.4. The summed E-state index contributed by atoms with van der Waals surface area (Å²) in [4.78, 5) is 0. The van der Waals surface area contributed by atoms with Gasteiger partial charge in [0.25, 0.3) is 0 Å². The third kappa shape index (κ3) is 7.10. The summed E-state index contributed by atoms with van der Waals surface area (Å²) in [6, 6.07) is 4.60. The summed E-state index contributed by atoms with van der Waals surface area (Å²) >= 11 is 0. The Balaban J connectivity index is 2.78. The molecule has 0 bridgehead atoms. The molecule has 0 aromatic carbocycles. The number of aryl methyl sites for hydroxylation is 1. The first kappa shape index (κ1) is 19.6. The monoisotopic (exact) mass is 333 g/mol. The fourth-order valence-electron chi connectivity index (χ4n) is 3.51. The van der Waals surface area contributed by atoms with Crippen LogP contribution >= 0.6 is 0 Å². The molecule has 0 atom stereocenters. The van der Waals surface area contributed by atoms with Crippen LogP contribution in [0.3, 0.4) is 0 Å². The highest BCUT2D eigenvalue weighted by molar-refractivity contribution is 6.81. The maximum Gasteiger partial charge on any atom is 0.108 e. The van der Waals surface area contributed by atoms with E-state index in [4.69, 9.17) is 5.11 Å².